The Labute approximate surface area is 115 Å². The molecule has 2 aromatic rings. The van der Waals surface area contributed by atoms with E-state index in [1.807, 2.05) is 11.9 Å². The van der Waals surface area contributed by atoms with Gasteiger partial charge in [0.2, 0.25) is 0 Å². The summed E-state index contributed by atoms with van der Waals surface area (Å²) in [6, 6.07) is 5.21. The second-order valence-electron chi connectivity index (χ2n) is 4.61. The number of hydrogen-bond acceptors (Lipinski definition) is 3. The number of hydrogen-bond donors (Lipinski definition) is 0. The van der Waals surface area contributed by atoms with Gasteiger partial charge < -0.3 is 0 Å². The van der Waals surface area contributed by atoms with E-state index in [0.717, 1.165) is 23.3 Å². The molecule has 20 heavy (non-hydrogen) atoms. The van der Waals surface area contributed by atoms with Gasteiger partial charge in [-0.25, -0.2) is 9.97 Å². The van der Waals surface area contributed by atoms with E-state index in [9.17, 15) is 13.2 Å². The quantitative estimate of drug-likeness (QED) is 0.862. The van der Waals surface area contributed by atoms with E-state index < -0.39 is 11.7 Å². The van der Waals surface area contributed by atoms with Gasteiger partial charge in [-0.2, -0.15) is 13.2 Å². The summed E-state index contributed by atoms with van der Waals surface area (Å²) >= 11 is 0. The monoisotopic (exact) mass is 281 g/mol. The SMILES string of the molecule is CN(Cc1ccc(C(F)(F)F)cc1)Cc1cncnc1. The zero-order chi connectivity index (χ0) is 14.6. The maximum atomic E-state index is 12.4. The van der Waals surface area contributed by atoms with Crippen molar-refractivity contribution in [2.75, 3.05) is 7.05 Å². The lowest BCUT2D eigenvalue weighted by atomic mass is 10.1. The largest absolute Gasteiger partial charge is 0.416 e. The predicted molar refractivity (Wildman–Crippen MR) is 68.6 cm³/mol. The number of aromatic nitrogens is 2. The van der Waals surface area contributed by atoms with Crippen LogP contribution in [0.4, 0.5) is 13.2 Å². The molecule has 0 saturated carbocycles. The van der Waals surface area contributed by atoms with Crippen molar-refractivity contribution in [3.63, 3.8) is 0 Å². The van der Waals surface area contributed by atoms with Gasteiger partial charge in [-0.1, -0.05) is 12.1 Å². The van der Waals surface area contributed by atoms with E-state index >= 15 is 0 Å². The second kappa shape index (κ2) is 6.00. The van der Waals surface area contributed by atoms with Gasteiger partial charge in [-0.05, 0) is 24.7 Å². The lowest BCUT2D eigenvalue weighted by molar-refractivity contribution is -0.137. The second-order valence-corrected chi connectivity index (χ2v) is 4.61. The molecule has 0 aliphatic heterocycles. The Morgan fingerprint density at radius 2 is 1.50 bits per heavy atom. The van der Waals surface area contributed by atoms with Crippen LogP contribution in [0.5, 0.6) is 0 Å². The first-order valence-electron chi connectivity index (χ1n) is 6.04. The van der Waals surface area contributed by atoms with Crippen LogP contribution in [0.25, 0.3) is 0 Å². The maximum absolute atomic E-state index is 12.4. The van der Waals surface area contributed by atoms with Gasteiger partial charge in [-0.15, -0.1) is 0 Å². The zero-order valence-corrected chi connectivity index (χ0v) is 10.9. The molecule has 0 aliphatic rings. The van der Waals surface area contributed by atoms with Crippen LogP contribution in [0.15, 0.2) is 43.0 Å². The van der Waals surface area contributed by atoms with Crippen LogP contribution in [-0.4, -0.2) is 21.9 Å². The molecule has 1 heterocycles. The Morgan fingerprint density at radius 1 is 0.950 bits per heavy atom. The minimum Gasteiger partial charge on any atom is -0.298 e. The minimum atomic E-state index is -4.29. The summed E-state index contributed by atoms with van der Waals surface area (Å²) in [5.41, 5.74) is 1.17. The van der Waals surface area contributed by atoms with Crippen molar-refractivity contribution >= 4 is 0 Å². The highest BCUT2D eigenvalue weighted by Crippen LogP contribution is 2.29. The lowest BCUT2D eigenvalue weighted by Crippen LogP contribution is -2.17. The first kappa shape index (κ1) is 14.5. The number of halogens is 3. The van der Waals surface area contributed by atoms with Gasteiger partial charge in [0.25, 0.3) is 0 Å². The van der Waals surface area contributed by atoms with Crippen LogP contribution in [-0.2, 0) is 19.3 Å². The molecule has 0 unspecified atom stereocenters. The van der Waals surface area contributed by atoms with Gasteiger partial charge in [0.1, 0.15) is 6.33 Å². The summed E-state index contributed by atoms with van der Waals surface area (Å²) < 4.78 is 37.3. The molecule has 0 fully saturated rings. The molecule has 1 aromatic carbocycles. The number of rotatable bonds is 4. The van der Waals surface area contributed by atoms with Crippen LogP contribution in [0.3, 0.4) is 0 Å². The van der Waals surface area contributed by atoms with E-state index in [1.54, 1.807) is 12.4 Å². The molecular formula is C14H14F3N3. The van der Waals surface area contributed by atoms with E-state index in [-0.39, 0.29) is 0 Å². The third kappa shape index (κ3) is 4.03. The molecule has 0 amide bonds. The Hall–Kier alpha value is -1.95. The third-order valence-corrected chi connectivity index (χ3v) is 2.80. The predicted octanol–water partition coefficient (Wildman–Crippen LogP) is 3.13. The molecule has 0 bridgehead atoms. The molecule has 0 radical (unpaired) electrons. The highest BCUT2D eigenvalue weighted by Gasteiger charge is 2.29. The number of alkyl halides is 3. The van der Waals surface area contributed by atoms with Gasteiger partial charge >= 0.3 is 6.18 Å². The molecule has 6 heteroatoms. The fourth-order valence-electron chi connectivity index (χ4n) is 1.89. The van der Waals surface area contributed by atoms with Crippen molar-refractivity contribution in [1.29, 1.82) is 0 Å². The van der Waals surface area contributed by atoms with Crippen LogP contribution in [0, 0.1) is 0 Å². The Morgan fingerprint density at radius 3 is 2.05 bits per heavy atom. The van der Waals surface area contributed by atoms with Crippen LogP contribution < -0.4 is 0 Å². The van der Waals surface area contributed by atoms with Crippen molar-refractivity contribution in [3.8, 4) is 0 Å². The van der Waals surface area contributed by atoms with Crippen molar-refractivity contribution in [2.45, 2.75) is 19.3 Å². The van der Waals surface area contributed by atoms with Crippen LogP contribution in [0.2, 0.25) is 0 Å². The molecule has 106 valence electrons. The maximum Gasteiger partial charge on any atom is 0.416 e. The van der Waals surface area contributed by atoms with Crippen molar-refractivity contribution in [1.82, 2.24) is 14.9 Å². The molecular weight excluding hydrogens is 267 g/mol. The van der Waals surface area contributed by atoms with Gasteiger partial charge in [-0.3, -0.25) is 4.90 Å². The summed E-state index contributed by atoms with van der Waals surface area (Å²) in [6.07, 6.45) is 0.609. The number of nitrogens with zero attached hydrogens (tertiary/aromatic N) is 3. The summed E-state index contributed by atoms with van der Waals surface area (Å²) in [7, 11) is 1.89. The Kier molecular flexibility index (Phi) is 4.34. The van der Waals surface area contributed by atoms with Gasteiger partial charge in [0, 0.05) is 31.0 Å². The fraction of sp³-hybridized carbons (Fsp3) is 0.286. The molecule has 0 spiro atoms. The van der Waals surface area contributed by atoms with E-state index in [1.165, 1.54) is 18.5 Å². The van der Waals surface area contributed by atoms with Gasteiger partial charge in [0.15, 0.2) is 0 Å². The van der Waals surface area contributed by atoms with E-state index in [0.29, 0.717) is 13.1 Å². The summed E-state index contributed by atoms with van der Waals surface area (Å²) in [4.78, 5) is 9.83. The number of benzene rings is 1. The van der Waals surface area contributed by atoms with Crippen LogP contribution >= 0.6 is 0 Å². The highest BCUT2D eigenvalue weighted by atomic mass is 19.4. The van der Waals surface area contributed by atoms with Crippen LogP contribution in [0.1, 0.15) is 16.7 Å². The van der Waals surface area contributed by atoms with Crippen molar-refractivity contribution < 1.29 is 13.2 Å². The molecule has 0 aliphatic carbocycles. The van der Waals surface area contributed by atoms with E-state index in [2.05, 4.69) is 9.97 Å². The van der Waals surface area contributed by atoms with Gasteiger partial charge in [0.05, 0.1) is 5.56 Å². The average Bonchev–Trinajstić information content (AvgIpc) is 2.39. The third-order valence-electron chi connectivity index (χ3n) is 2.80. The molecule has 2 rings (SSSR count). The summed E-state index contributed by atoms with van der Waals surface area (Å²) in [6.45, 7) is 1.20. The first-order valence-corrected chi connectivity index (χ1v) is 6.04. The van der Waals surface area contributed by atoms with Crippen molar-refractivity contribution in [2.24, 2.45) is 0 Å². The lowest BCUT2D eigenvalue weighted by Gasteiger charge is -2.16. The normalized spacial score (nSPS) is 11.8. The zero-order valence-electron chi connectivity index (χ0n) is 10.9. The highest BCUT2D eigenvalue weighted by molar-refractivity contribution is 5.24. The summed E-state index contributed by atoms with van der Waals surface area (Å²) in [5, 5.41) is 0. The minimum absolute atomic E-state index is 0.563. The van der Waals surface area contributed by atoms with E-state index in [4.69, 9.17) is 0 Å². The smallest absolute Gasteiger partial charge is 0.298 e. The van der Waals surface area contributed by atoms with Crippen molar-refractivity contribution in [3.05, 3.63) is 59.7 Å². The first-order chi connectivity index (χ1) is 9.45. The molecule has 0 N–H and O–H groups in total. The fourth-order valence-corrected chi connectivity index (χ4v) is 1.89. The summed E-state index contributed by atoms with van der Waals surface area (Å²) in [5.74, 6) is 0. The molecule has 0 atom stereocenters. The molecule has 0 saturated heterocycles. The Bertz CT molecular complexity index is 538. The topological polar surface area (TPSA) is 29.0 Å². The Balaban J connectivity index is 1.96. The standard InChI is InChI=1S/C14H14F3N3/c1-20(9-12-6-18-10-19-7-12)8-11-2-4-13(5-3-11)14(15,16)17/h2-7,10H,8-9H2,1H3. The average molecular weight is 281 g/mol. The molecule has 3 nitrogen and oxygen atoms in total. The molecule has 1 aromatic heterocycles.